The van der Waals surface area contributed by atoms with Crippen molar-refractivity contribution in [2.45, 2.75) is 129 Å². The Kier molecular flexibility index (Phi) is 19.6. The maximum Gasteiger partial charge on any atom is -0.0140 e. The minimum absolute atomic E-state index is 0. The summed E-state index contributed by atoms with van der Waals surface area (Å²) in [6, 6.07) is 35.6. The maximum absolute atomic E-state index is 2.35. The molecule has 0 amide bonds. The van der Waals surface area contributed by atoms with E-state index in [1.165, 1.54) is 78.2 Å². The molecule has 6 rings (SSSR count). The third-order valence-electron chi connectivity index (χ3n) is 9.09. The first-order valence-corrected chi connectivity index (χ1v) is 17.4. The molecule has 0 saturated heterocycles. The van der Waals surface area contributed by atoms with E-state index in [0.29, 0.717) is 11.8 Å². The molecular weight excluding hydrogens is 565 g/mol. The van der Waals surface area contributed by atoms with Crippen LogP contribution in [0, 0.1) is 0 Å². The predicted octanol–water partition coefficient (Wildman–Crippen LogP) is 16.1. The molecular formula is C47H68. The molecule has 0 aliphatic heterocycles. The van der Waals surface area contributed by atoms with Gasteiger partial charge in [0.05, 0.1) is 0 Å². The molecule has 0 saturated carbocycles. The molecule has 2 unspecified atom stereocenters. The van der Waals surface area contributed by atoms with Gasteiger partial charge in [0.25, 0.3) is 0 Å². The van der Waals surface area contributed by atoms with Crippen molar-refractivity contribution in [2.75, 3.05) is 0 Å². The molecule has 0 heterocycles. The first kappa shape index (κ1) is 43.4. The molecule has 0 N–H and O–H groups in total. The average Bonchev–Trinajstić information content (AvgIpc) is 3.10. The minimum atomic E-state index is 0. The number of benzene rings is 6. The second-order valence-electron chi connectivity index (χ2n) is 11.3. The lowest BCUT2D eigenvalue weighted by Crippen LogP contribution is -1.98. The Balaban J connectivity index is 0.000000770. The van der Waals surface area contributed by atoms with Crippen molar-refractivity contribution in [1.29, 1.82) is 0 Å². The Morgan fingerprint density at radius 1 is 0.362 bits per heavy atom. The SMILES string of the molecule is C.C.C.CC.CC.CCc1c2ccccc2c(C(C)CC)c2ccccc12.CCc1c2ccccc2c(C(C)CC)c2ccccc12. The first-order valence-electron chi connectivity index (χ1n) is 17.4. The summed E-state index contributed by atoms with van der Waals surface area (Å²) in [5.74, 6) is 1.19. The topological polar surface area (TPSA) is 0 Å². The monoisotopic (exact) mass is 633 g/mol. The van der Waals surface area contributed by atoms with Gasteiger partial charge in [0.2, 0.25) is 0 Å². The number of aryl methyl sites for hydroxylation is 2. The van der Waals surface area contributed by atoms with Gasteiger partial charge in [-0.3, -0.25) is 0 Å². The van der Waals surface area contributed by atoms with Gasteiger partial charge in [0, 0.05) is 0 Å². The Morgan fingerprint density at radius 3 is 0.723 bits per heavy atom. The molecule has 0 aliphatic carbocycles. The highest BCUT2D eigenvalue weighted by molar-refractivity contribution is 6.07. The Labute approximate surface area is 290 Å². The van der Waals surface area contributed by atoms with E-state index in [2.05, 4.69) is 139 Å². The lowest BCUT2D eigenvalue weighted by atomic mass is 9.85. The molecule has 0 nitrogen and oxygen atoms in total. The molecule has 0 radical (unpaired) electrons. The summed E-state index contributed by atoms with van der Waals surface area (Å²) in [5, 5.41) is 11.5. The quantitative estimate of drug-likeness (QED) is 0.160. The van der Waals surface area contributed by atoms with Gasteiger partial charge in [-0.25, -0.2) is 0 Å². The van der Waals surface area contributed by atoms with Gasteiger partial charge in [-0.2, -0.15) is 0 Å². The maximum atomic E-state index is 2.35. The van der Waals surface area contributed by atoms with Gasteiger partial charge in [0.1, 0.15) is 0 Å². The van der Waals surface area contributed by atoms with Crippen molar-refractivity contribution >= 4 is 43.1 Å². The smallest absolute Gasteiger partial charge is 0.0140 e. The second-order valence-corrected chi connectivity index (χ2v) is 11.3. The van der Waals surface area contributed by atoms with Crippen molar-refractivity contribution in [3.05, 3.63) is 119 Å². The van der Waals surface area contributed by atoms with E-state index in [9.17, 15) is 0 Å². The zero-order valence-electron chi connectivity index (χ0n) is 29.2. The Bertz CT molecular complexity index is 1520. The van der Waals surface area contributed by atoms with Crippen molar-refractivity contribution in [1.82, 2.24) is 0 Å². The van der Waals surface area contributed by atoms with Gasteiger partial charge in [0.15, 0.2) is 0 Å². The van der Waals surface area contributed by atoms with Crippen LogP contribution in [0.5, 0.6) is 0 Å². The van der Waals surface area contributed by atoms with Crippen LogP contribution < -0.4 is 0 Å². The van der Waals surface area contributed by atoms with Crippen LogP contribution in [0.1, 0.15) is 138 Å². The summed E-state index contributed by atoms with van der Waals surface area (Å²) in [6.07, 6.45) is 4.53. The fraction of sp³-hybridized carbons (Fsp3) is 0.404. The van der Waals surface area contributed by atoms with Gasteiger partial charge in [-0.05, 0) is 103 Å². The predicted molar refractivity (Wildman–Crippen MR) is 222 cm³/mol. The largest absolute Gasteiger partial charge is 0.0776 e. The van der Waals surface area contributed by atoms with Crippen molar-refractivity contribution in [3.63, 3.8) is 0 Å². The van der Waals surface area contributed by atoms with Gasteiger partial charge >= 0.3 is 0 Å². The summed E-state index contributed by atoms with van der Waals surface area (Å²) >= 11 is 0. The lowest BCUT2D eigenvalue weighted by Gasteiger charge is -2.19. The summed E-state index contributed by atoms with van der Waals surface area (Å²) in [7, 11) is 0. The molecule has 0 heteroatoms. The van der Waals surface area contributed by atoms with E-state index in [1.54, 1.807) is 0 Å². The van der Waals surface area contributed by atoms with Crippen LogP contribution in [0.4, 0.5) is 0 Å². The zero-order valence-corrected chi connectivity index (χ0v) is 29.2. The van der Waals surface area contributed by atoms with E-state index >= 15 is 0 Å². The third-order valence-corrected chi connectivity index (χ3v) is 9.09. The number of rotatable bonds is 6. The van der Waals surface area contributed by atoms with Crippen molar-refractivity contribution in [3.8, 4) is 0 Å². The van der Waals surface area contributed by atoms with E-state index in [1.807, 2.05) is 27.7 Å². The van der Waals surface area contributed by atoms with E-state index in [0.717, 1.165) is 12.8 Å². The number of hydrogen-bond donors (Lipinski definition) is 0. The average molecular weight is 633 g/mol. The molecule has 6 aromatic rings. The highest BCUT2D eigenvalue weighted by Gasteiger charge is 2.17. The molecule has 0 aliphatic rings. The molecule has 256 valence electrons. The fourth-order valence-corrected chi connectivity index (χ4v) is 6.74. The van der Waals surface area contributed by atoms with Crippen LogP contribution in [0.15, 0.2) is 97.1 Å². The minimum Gasteiger partial charge on any atom is -0.0776 e. The number of hydrogen-bond acceptors (Lipinski definition) is 0. The molecule has 6 aromatic carbocycles. The summed E-state index contributed by atoms with van der Waals surface area (Å²) in [4.78, 5) is 0. The van der Waals surface area contributed by atoms with Gasteiger partial charge in [-0.15, -0.1) is 0 Å². The highest BCUT2D eigenvalue weighted by Crippen LogP contribution is 2.39. The van der Waals surface area contributed by atoms with Crippen LogP contribution in [0.25, 0.3) is 43.1 Å². The normalized spacial score (nSPS) is 11.3. The fourth-order valence-electron chi connectivity index (χ4n) is 6.74. The van der Waals surface area contributed by atoms with Crippen molar-refractivity contribution in [2.24, 2.45) is 0 Å². The lowest BCUT2D eigenvalue weighted by molar-refractivity contribution is 0.745. The summed E-state index contributed by atoms with van der Waals surface area (Å²) in [6.45, 7) is 21.8. The Morgan fingerprint density at radius 2 is 0.553 bits per heavy atom. The standard InChI is InChI=1S/2C20H22.2C2H6.3CH4/c2*1-4-14(3)20-18-12-8-6-10-16(18)15(5-2)17-11-7-9-13-19(17)20;2*1-2;;;/h2*6-14H,4-5H2,1-3H3;2*1-2H3;3*1H4. The van der Waals surface area contributed by atoms with E-state index in [-0.39, 0.29) is 22.3 Å². The molecule has 0 spiro atoms. The summed E-state index contributed by atoms with van der Waals surface area (Å²) < 4.78 is 0. The highest BCUT2D eigenvalue weighted by atomic mass is 14.2. The molecule has 47 heavy (non-hydrogen) atoms. The molecule has 0 fully saturated rings. The number of fused-ring (bicyclic) bond motifs is 4. The van der Waals surface area contributed by atoms with Crippen LogP contribution in [0.3, 0.4) is 0 Å². The van der Waals surface area contributed by atoms with E-state index < -0.39 is 0 Å². The van der Waals surface area contributed by atoms with Crippen molar-refractivity contribution < 1.29 is 0 Å². The van der Waals surface area contributed by atoms with E-state index in [4.69, 9.17) is 0 Å². The van der Waals surface area contributed by atoms with Gasteiger partial charge in [-0.1, -0.05) is 189 Å². The Hall–Kier alpha value is -3.64. The molecule has 2 atom stereocenters. The zero-order chi connectivity index (χ0) is 32.2. The molecule has 0 bridgehead atoms. The van der Waals surface area contributed by atoms with Crippen LogP contribution in [0.2, 0.25) is 0 Å². The van der Waals surface area contributed by atoms with Crippen LogP contribution >= 0.6 is 0 Å². The first-order chi connectivity index (χ1) is 21.5. The van der Waals surface area contributed by atoms with Crippen LogP contribution in [-0.2, 0) is 12.8 Å². The van der Waals surface area contributed by atoms with Crippen LogP contribution in [-0.4, -0.2) is 0 Å². The second kappa shape index (κ2) is 21.3. The summed E-state index contributed by atoms with van der Waals surface area (Å²) in [5.41, 5.74) is 6.03. The van der Waals surface area contributed by atoms with Gasteiger partial charge < -0.3 is 0 Å². The molecule has 0 aromatic heterocycles. The third kappa shape index (κ3) is 8.84.